The minimum Gasteiger partial charge on any atom is -0.480 e. The molecule has 1 fully saturated rings. The largest absolute Gasteiger partial charge is 0.480 e. The fraction of sp³-hybridized carbons (Fsp3) is 0.303. The molecule has 1 heterocycles. The van der Waals surface area contributed by atoms with Crippen LogP contribution in [0, 0.1) is 0 Å². The number of ketones is 2. The first-order chi connectivity index (χ1) is 21.2. The van der Waals surface area contributed by atoms with Crippen LogP contribution in [0.3, 0.4) is 0 Å². The van der Waals surface area contributed by atoms with E-state index in [0.29, 0.717) is 29.0 Å². The molecule has 230 valence electrons. The van der Waals surface area contributed by atoms with Crippen molar-refractivity contribution in [3.05, 3.63) is 107 Å². The Morgan fingerprint density at radius 1 is 0.909 bits per heavy atom. The average Bonchev–Trinajstić information content (AvgIpc) is 3.59. The first kappa shape index (κ1) is 32.2. The summed E-state index contributed by atoms with van der Waals surface area (Å²) in [5.41, 5.74) is 13.5. The predicted molar refractivity (Wildman–Crippen MR) is 162 cm³/mol. The number of hydrogen-bond donors (Lipinski definition) is 4. The molecule has 4 rings (SSSR count). The fourth-order valence-corrected chi connectivity index (χ4v) is 5.28. The number of benzene rings is 3. The number of Topliss-reactive ketones (excluding diaryl/α,β-unsaturated/α-hetero) is 2. The topological polar surface area (TPSA) is 182 Å². The zero-order chi connectivity index (χ0) is 31.6. The van der Waals surface area contributed by atoms with E-state index in [1.165, 1.54) is 18.2 Å². The molecule has 44 heavy (non-hydrogen) atoms. The fourth-order valence-electron chi connectivity index (χ4n) is 5.28. The number of rotatable bonds is 13. The number of hydrogen-bond acceptors (Lipinski definition) is 9. The van der Waals surface area contributed by atoms with Gasteiger partial charge in [-0.3, -0.25) is 14.4 Å². The number of amides is 2. The van der Waals surface area contributed by atoms with Crippen LogP contribution in [0.2, 0.25) is 0 Å². The van der Waals surface area contributed by atoms with Crippen molar-refractivity contribution in [2.75, 3.05) is 13.1 Å². The van der Waals surface area contributed by atoms with Gasteiger partial charge in [-0.15, -0.1) is 0 Å². The number of ether oxygens (including phenoxy) is 1. The highest BCUT2D eigenvalue weighted by Gasteiger charge is 2.40. The number of imide groups is 1. The van der Waals surface area contributed by atoms with Crippen molar-refractivity contribution >= 4 is 29.5 Å². The van der Waals surface area contributed by atoms with Crippen molar-refractivity contribution in [1.82, 2.24) is 10.2 Å². The van der Waals surface area contributed by atoms with Crippen LogP contribution in [0.25, 0.3) is 0 Å². The molecule has 6 N–H and O–H groups in total. The summed E-state index contributed by atoms with van der Waals surface area (Å²) in [6.45, 7) is 0.0293. The third-order valence-electron chi connectivity index (χ3n) is 7.52. The van der Waals surface area contributed by atoms with Gasteiger partial charge in [0.25, 0.3) is 0 Å². The standard InChI is InChI=1S/C33H36N4O7/c34-19-28(38)24-14-7-13-23(29(24)30(39)26-15-8-16-36-26)18-27(32(41)42)37(33(43)44-20-22-11-5-2-6-12-22)31(40)25(35)17-21-9-3-1-4-10-21/h1-7,9-14,25-27,36H,8,15-20,34-35H2,(H,41,42). The van der Waals surface area contributed by atoms with Gasteiger partial charge >= 0.3 is 12.1 Å². The molecule has 3 aromatic rings. The maximum absolute atomic E-state index is 13.8. The van der Waals surface area contributed by atoms with Crippen LogP contribution in [0.5, 0.6) is 0 Å². The van der Waals surface area contributed by atoms with E-state index in [-0.39, 0.29) is 42.0 Å². The molecule has 3 atom stereocenters. The van der Waals surface area contributed by atoms with E-state index in [1.54, 1.807) is 60.7 Å². The molecule has 0 aromatic heterocycles. The van der Waals surface area contributed by atoms with Gasteiger partial charge in [-0.25, -0.2) is 14.5 Å². The van der Waals surface area contributed by atoms with Gasteiger partial charge in [0.1, 0.15) is 12.6 Å². The Kier molecular flexibility index (Phi) is 11.1. The lowest BCUT2D eigenvalue weighted by Crippen LogP contribution is -2.55. The van der Waals surface area contributed by atoms with Crippen LogP contribution in [0.15, 0.2) is 78.9 Å². The normalized spacial score (nSPS) is 15.6. The molecule has 2 amide bonds. The number of carbonyl (C=O) groups is 5. The molecule has 1 aliphatic heterocycles. The molecule has 1 aliphatic rings. The van der Waals surface area contributed by atoms with Crippen molar-refractivity contribution < 1.29 is 33.8 Å². The highest BCUT2D eigenvalue weighted by Crippen LogP contribution is 2.24. The molecule has 3 unspecified atom stereocenters. The SMILES string of the molecule is NCC(=O)c1cccc(CC(C(=O)O)N(C(=O)OCc2ccccc2)C(=O)C(N)Cc2ccccc2)c1C(=O)C1CCCN1. The molecule has 0 bridgehead atoms. The number of aliphatic carboxylic acids is 1. The molecular weight excluding hydrogens is 564 g/mol. The van der Waals surface area contributed by atoms with Crippen LogP contribution >= 0.6 is 0 Å². The van der Waals surface area contributed by atoms with Gasteiger partial charge < -0.3 is 26.6 Å². The zero-order valence-electron chi connectivity index (χ0n) is 24.2. The number of carboxylic acids is 1. The molecule has 11 nitrogen and oxygen atoms in total. The summed E-state index contributed by atoms with van der Waals surface area (Å²) < 4.78 is 5.42. The maximum Gasteiger partial charge on any atom is 0.417 e. The summed E-state index contributed by atoms with van der Waals surface area (Å²) in [6, 6.07) is 18.4. The Morgan fingerprint density at radius 3 is 2.16 bits per heavy atom. The summed E-state index contributed by atoms with van der Waals surface area (Å²) in [7, 11) is 0. The smallest absolute Gasteiger partial charge is 0.417 e. The van der Waals surface area contributed by atoms with E-state index in [1.807, 2.05) is 0 Å². The van der Waals surface area contributed by atoms with Gasteiger partial charge in [-0.1, -0.05) is 78.9 Å². The second-order valence-corrected chi connectivity index (χ2v) is 10.6. The lowest BCUT2D eigenvalue weighted by atomic mass is 9.88. The Morgan fingerprint density at radius 2 is 1.57 bits per heavy atom. The van der Waals surface area contributed by atoms with Crippen LogP contribution in [0.4, 0.5) is 4.79 Å². The first-order valence-electron chi connectivity index (χ1n) is 14.4. The monoisotopic (exact) mass is 600 g/mol. The number of nitrogens with one attached hydrogen (secondary N) is 1. The van der Waals surface area contributed by atoms with Crippen LogP contribution in [-0.4, -0.2) is 70.8 Å². The van der Waals surface area contributed by atoms with E-state index in [9.17, 15) is 29.1 Å². The minimum absolute atomic E-state index is 0.0206. The molecular formula is C33H36N4O7. The summed E-state index contributed by atoms with van der Waals surface area (Å²) in [5, 5.41) is 13.5. The van der Waals surface area contributed by atoms with Crippen molar-refractivity contribution in [3.63, 3.8) is 0 Å². The van der Waals surface area contributed by atoms with Gasteiger partial charge in [-0.05, 0) is 42.5 Å². The zero-order valence-corrected chi connectivity index (χ0v) is 24.2. The van der Waals surface area contributed by atoms with Crippen molar-refractivity contribution in [2.24, 2.45) is 11.5 Å². The Bertz CT molecular complexity index is 1490. The average molecular weight is 601 g/mol. The van der Waals surface area contributed by atoms with E-state index in [4.69, 9.17) is 16.2 Å². The highest BCUT2D eigenvalue weighted by atomic mass is 16.6. The van der Waals surface area contributed by atoms with E-state index >= 15 is 0 Å². The Balaban J connectivity index is 1.72. The Labute approximate surface area is 255 Å². The number of nitrogens with two attached hydrogens (primary N) is 2. The second-order valence-electron chi connectivity index (χ2n) is 10.6. The minimum atomic E-state index is -1.81. The maximum atomic E-state index is 13.8. The molecule has 0 saturated carbocycles. The highest BCUT2D eigenvalue weighted by molar-refractivity contribution is 6.12. The van der Waals surface area contributed by atoms with E-state index in [0.717, 1.165) is 6.42 Å². The van der Waals surface area contributed by atoms with Crippen molar-refractivity contribution in [2.45, 2.75) is 50.4 Å². The van der Waals surface area contributed by atoms with E-state index < -0.39 is 48.3 Å². The number of carboxylic acid groups (broad SMARTS) is 1. The van der Waals surface area contributed by atoms with Crippen LogP contribution < -0.4 is 16.8 Å². The number of carbonyl (C=O) groups excluding carboxylic acids is 4. The lowest BCUT2D eigenvalue weighted by Gasteiger charge is -2.29. The van der Waals surface area contributed by atoms with Gasteiger partial charge in [0.15, 0.2) is 11.6 Å². The predicted octanol–water partition coefficient (Wildman–Crippen LogP) is 2.49. The second kappa shape index (κ2) is 15.1. The van der Waals surface area contributed by atoms with Gasteiger partial charge in [0, 0.05) is 17.5 Å². The Hall–Kier alpha value is -4.71. The molecule has 11 heteroatoms. The molecule has 0 aliphatic carbocycles. The van der Waals surface area contributed by atoms with Crippen LogP contribution in [-0.2, 0) is 33.8 Å². The first-order valence-corrected chi connectivity index (χ1v) is 14.4. The molecule has 1 saturated heterocycles. The third-order valence-corrected chi connectivity index (χ3v) is 7.52. The van der Waals surface area contributed by atoms with Gasteiger partial charge in [0.2, 0.25) is 5.91 Å². The van der Waals surface area contributed by atoms with E-state index in [2.05, 4.69) is 5.32 Å². The molecule has 0 spiro atoms. The van der Waals surface area contributed by atoms with Crippen LogP contribution in [0.1, 0.15) is 50.2 Å². The van der Waals surface area contributed by atoms with Gasteiger partial charge in [-0.2, -0.15) is 0 Å². The number of nitrogens with zero attached hydrogens (tertiary/aromatic N) is 1. The van der Waals surface area contributed by atoms with Crippen molar-refractivity contribution in [1.29, 1.82) is 0 Å². The summed E-state index contributed by atoms with van der Waals surface area (Å²) in [4.78, 5) is 67.1. The summed E-state index contributed by atoms with van der Waals surface area (Å²) >= 11 is 0. The van der Waals surface area contributed by atoms with Gasteiger partial charge in [0.05, 0.1) is 18.6 Å². The quantitative estimate of drug-likeness (QED) is 0.213. The lowest BCUT2D eigenvalue weighted by molar-refractivity contribution is -0.149. The summed E-state index contributed by atoms with van der Waals surface area (Å²) in [5.74, 6) is -3.36. The summed E-state index contributed by atoms with van der Waals surface area (Å²) in [6.07, 6.45) is -0.346. The van der Waals surface area contributed by atoms with Crippen molar-refractivity contribution in [3.8, 4) is 0 Å². The molecule has 3 aromatic carbocycles. The molecule has 0 radical (unpaired) electrons. The third kappa shape index (κ3) is 7.81.